The summed E-state index contributed by atoms with van der Waals surface area (Å²) in [6, 6.07) is 6.42. The molecule has 110 valence electrons. The largest absolute Gasteiger partial charge is 0.504 e. The lowest BCUT2D eigenvalue weighted by Crippen LogP contribution is -2.18. The fourth-order valence-electron chi connectivity index (χ4n) is 1.64. The summed E-state index contributed by atoms with van der Waals surface area (Å²) in [5.74, 6) is 0.0279. The molecule has 0 aliphatic rings. The van der Waals surface area contributed by atoms with E-state index in [0.717, 1.165) is 5.69 Å². The highest BCUT2D eigenvalue weighted by molar-refractivity contribution is 5.93. The van der Waals surface area contributed by atoms with Crippen molar-refractivity contribution in [3.05, 3.63) is 41.2 Å². The number of aromatic nitrogens is 2. The van der Waals surface area contributed by atoms with Crippen LogP contribution < -0.4 is 10.2 Å². The summed E-state index contributed by atoms with van der Waals surface area (Å²) < 4.78 is 5.26. The van der Waals surface area contributed by atoms with Crippen LogP contribution >= 0.6 is 0 Å². The average Bonchev–Trinajstić information content (AvgIpc) is 2.89. The summed E-state index contributed by atoms with van der Waals surface area (Å²) >= 11 is 0. The Labute approximate surface area is 121 Å². The van der Waals surface area contributed by atoms with E-state index in [-0.39, 0.29) is 11.4 Å². The van der Waals surface area contributed by atoms with Gasteiger partial charge in [0, 0.05) is 5.69 Å². The topological polar surface area (TPSA) is 99.6 Å². The number of hydrogen-bond acceptors (Lipinski definition) is 5. The molecule has 0 aliphatic heterocycles. The van der Waals surface area contributed by atoms with E-state index in [1.165, 1.54) is 12.3 Å². The monoisotopic (exact) mass is 288 g/mol. The number of carbonyl (C=O) groups is 1. The van der Waals surface area contributed by atoms with Crippen LogP contribution in [0, 0.1) is 6.92 Å². The molecule has 0 fully saturated rings. The number of hydrazone groups is 1. The first-order valence-electron chi connectivity index (χ1n) is 6.41. The lowest BCUT2D eigenvalue weighted by Gasteiger charge is -2.05. The number of nitrogens with zero attached hydrogens (tertiary/aromatic N) is 2. The first-order valence-corrected chi connectivity index (χ1v) is 6.41. The van der Waals surface area contributed by atoms with E-state index in [1.807, 2.05) is 6.92 Å². The summed E-state index contributed by atoms with van der Waals surface area (Å²) in [6.45, 7) is 4.08. The van der Waals surface area contributed by atoms with Crippen LogP contribution in [0.25, 0.3) is 0 Å². The second-order valence-corrected chi connectivity index (χ2v) is 4.30. The highest BCUT2D eigenvalue weighted by atomic mass is 16.5. The third-order valence-corrected chi connectivity index (χ3v) is 2.60. The maximum Gasteiger partial charge on any atom is 0.291 e. The van der Waals surface area contributed by atoms with Gasteiger partial charge in [0.25, 0.3) is 5.91 Å². The highest BCUT2D eigenvalue weighted by Gasteiger charge is 2.07. The van der Waals surface area contributed by atoms with Crippen molar-refractivity contribution in [2.75, 3.05) is 6.61 Å². The smallest absolute Gasteiger partial charge is 0.291 e. The minimum absolute atomic E-state index is 0.0602. The van der Waals surface area contributed by atoms with E-state index in [9.17, 15) is 9.90 Å². The van der Waals surface area contributed by atoms with E-state index in [0.29, 0.717) is 17.9 Å². The minimum Gasteiger partial charge on any atom is -0.504 e. The summed E-state index contributed by atoms with van der Waals surface area (Å²) in [4.78, 5) is 11.7. The van der Waals surface area contributed by atoms with Gasteiger partial charge < -0.3 is 9.84 Å². The van der Waals surface area contributed by atoms with Crippen LogP contribution in [0.2, 0.25) is 0 Å². The third kappa shape index (κ3) is 3.82. The van der Waals surface area contributed by atoms with Gasteiger partial charge >= 0.3 is 0 Å². The Bertz CT molecular complexity index is 664. The van der Waals surface area contributed by atoms with E-state index in [1.54, 1.807) is 25.1 Å². The van der Waals surface area contributed by atoms with Crippen LogP contribution in [0.5, 0.6) is 11.5 Å². The van der Waals surface area contributed by atoms with Crippen LogP contribution in [0.3, 0.4) is 0 Å². The molecule has 7 heteroatoms. The summed E-state index contributed by atoms with van der Waals surface area (Å²) in [6.07, 6.45) is 1.46. The fourth-order valence-corrected chi connectivity index (χ4v) is 1.64. The number of phenols is 1. The van der Waals surface area contributed by atoms with Crippen LogP contribution in [0.15, 0.2) is 29.4 Å². The molecule has 1 amide bonds. The van der Waals surface area contributed by atoms with Gasteiger partial charge in [0.1, 0.15) is 0 Å². The Morgan fingerprint density at radius 3 is 3.00 bits per heavy atom. The molecular formula is C14H16N4O3. The number of hydrogen-bond donors (Lipinski definition) is 3. The van der Waals surface area contributed by atoms with E-state index in [4.69, 9.17) is 4.74 Å². The second-order valence-electron chi connectivity index (χ2n) is 4.30. The molecule has 0 atom stereocenters. The second kappa shape index (κ2) is 6.56. The van der Waals surface area contributed by atoms with Gasteiger partial charge in [-0.1, -0.05) is 0 Å². The number of amides is 1. The van der Waals surface area contributed by atoms with Crippen LogP contribution in [-0.4, -0.2) is 34.0 Å². The molecule has 0 radical (unpaired) electrons. The van der Waals surface area contributed by atoms with Crippen molar-refractivity contribution in [1.82, 2.24) is 15.6 Å². The molecule has 1 heterocycles. The quantitative estimate of drug-likeness (QED) is 0.574. The SMILES string of the molecule is CCOc1cc(/C=N/NC(=O)c2cc(C)[nH]n2)ccc1O. The van der Waals surface area contributed by atoms with Gasteiger partial charge in [-0.25, -0.2) is 5.43 Å². The molecule has 2 aromatic rings. The Balaban J connectivity index is 2.01. The molecule has 1 aromatic carbocycles. The van der Waals surface area contributed by atoms with Gasteiger partial charge in [-0.05, 0) is 43.7 Å². The number of ether oxygens (including phenoxy) is 1. The Morgan fingerprint density at radius 1 is 1.52 bits per heavy atom. The minimum atomic E-state index is -0.403. The average molecular weight is 288 g/mol. The lowest BCUT2D eigenvalue weighted by molar-refractivity contribution is 0.0950. The van der Waals surface area contributed by atoms with Gasteiger partial charge in [0.2, 0.25) is 0 Å². The number of aromatic hydroxyl groups is 1. The van der Waals surface area contributed by atoms with Crippen molar-refractivity contribution in [2.45, 2.75) is 13.8 Å². The number of H-pyrrole nitrogens is 1. The molecule has 7 nitrogen and oxygen atoms in total. The first-order chi connectivity index (χ1) is 10.1. The lowest BCUT2D eigenvalue weighted by atomic mass is 10.2. The predicted octanol–water partition coefficient (Wildman–Crippen LogP) is 1.59. The number of aryl methyl sites for hydroxylation is 1. The molecular weight excluding hydrogens is 272 g/mol. The fraction of sp³-hybridized carbons (Fsp3) is 0.214. The van der Waals surface area contributed by atoms with E-state index >= 15 is 0 Å². The molecule has 2 rings (SSSR count). The summed E-state index contributed by atoms with van der Waals surface area (Å²) in [5.41, 5.74) is 4.13. The van der Waals surface area contributed by atoms with Gasteiger partial charge in [0.05, 0.1) is 12.8 Å². The van der Waals surface area contributed by atoms with Gasteiger partial charge in [0.15, 0.2) is 17.2 Å². The van der Waals surface area contributed by atoms with Crippen molar-refractivity contribution in [3.8, 4) is 11.5 Å². The van der Waals surface area contributed by atoms with Crippen molar-refractivity contribution in [2.24, 2.45) is 5.10 Å². The molecule has 0 aliphatic carbocycles. The van der Waals surface area contributed by atoms with Crippen molar-refractivity contribution in [1.29, 1.82) is 0 Å². The van der Waals surface area contributed by atoms with Crippen LogP contribution in [0.4, 0.5) is 0 Å². The zero-order chi connectivity index (χ0) is 15.2. The zero-order valence-electron chi connectivity index (χ0n) is 11.8. The molecule has 21 heavy (non-hydrogen) atoms. The van der Waals surface area contributed by atoms with Gasteiger partial charge in [-0.15, -0.1) is 0 Å². The van der Waals surface area contributed by atoms with Crippen LogP contribution in [-0.2, 0) is 0 Å². The molecule has 0 bridgehead atoms. The molecule has 0 saturated carbocycles. The van der Waals surface area contributed by atoms with Crippen molar-refractivity contribution >= 4 is 12.1 Å². The number of benzene rings is 1. The molecule has 0 unspecified atom stereocenters. The highest BCUT2D eigenvalue weighted by Crippen LogP contribution is 2.26. The summed E-state index contributed by atoms with van der Waals surface area (Å²) in [5, 5.41) is 19.9. The first kappa shape index (κ1) is 14.6. The maximum atomic E-state index is 11.7. The van der Waals surface area contributed by atoms with Crippen molar-refractivity contribution in [3.63, 3.8) is 0 Å². The number of nitrogens with one attached hydrogen (secondary N) is 2. The van der Waals surface area contributed by atoms with Crippen molar-refractivity contribution < 1.29 is 14.6 Å². The predicted molar refractivity (Wildman–Crippen MR) is 77.7 cm³/mol. The molecule has 3 N–H and O–H groups in total. The maximum absolute atomic E-state index is 11.7. The number of phenolic OH excluding ortho intramolecular Hbond substituents is 1. The van der Waals surface area contributed by atoms with Crippen LogP contribution in [0.1, 0.15) is 28.7 Å². The standard InChI is InChI=1S/C14H16N4O3/c1-3-21-13-7-10(4-5-12(13)19)8-15-18-14(20)11-6-9(2)16-17-11/h4-8,19H,3H2,1-2H3,(H,16,17)(H,18,20)/b15-8+. The molecule has 1 aromatic heterocycles. The van der Waals surface area contributed by atoms with Gasteiger partial charge in [-0.3, -0.25) is 9.89 Å². The Hall–Kier alpha value is -2.83. The van der Waals surface area contributed by atoms with E-state index < -0.39 is 5.91 Å². The number of aromatic amines is 1. The zero-order valence-corrected chi connectivity index (χ0v) is 11.8. The Kier molecular flexibility index (Phi) is 4.55. The number of rotatable bonds is 5. The molecule has 0 spiro atoms. The normalized spacial score (nSPS) is 10.8. The molecule has 0 saturated heterocycles. The Morgan fingerprint density at radius 2 is 2.33 bits per heavy atom. The summed E-state index contributed by atoms with van der Waals surface area (Å²) in [7, 11) is 0. The van der Waals surface area contributed by atoms with E-state index in [2.05, 4.69) is 20.7 Å². The number of carbonyl (C=O) groups excluding carboxylic acids is 1. The third-order valence-electron chi connectivity index (χ3n) is 2.60. The van der Waals surface area contributed by atoms with Gasteiger partial charge in [-0.2, -0.15) is 10.2 Å².